The summed E-state index contributed by atoms with van der Waals surface area (Å²) < 4.78 is 8.48. The normalized spacial score (nSPS) is 11.9. The molecule has 0 amide bonds. The average Bonchev–Trinajstić information content (AvgIpc) is 3.25. The summed E-state index contributed by atoms with van der Waals surface area (Å²) in [4.78, 5) is 4.62. The van der Waals surface area contributed by atoms with Crippen LogP contribution in [-0.4, -0.2) is 9.55 Å². The number of furan rings is 1. The van der Waals surface area contributed by atoms with E-state index in [1.807, 2.05) is 30.5 Å². The lowest BCUT2D eigenvalue weighted by Crippen LogP contribution is -1.96. The third-order valence-corrected chi connectivity index (χ3v) is 5.35. The molecule has 3 heteroatoms. The Morgan fingerprint density at radius 3 is 2.41 bits per heavy atom. The van der Waals surface area contributed by atoms with Gasteiger partial charge in [-0.05, 0) is 42.8 Å². The number of aromatic nitrogens is 2. The Labute approximate surface area is 155 Å². The van der Waals surface area contributed by atoms with Gasteiger partial charge in [0, 0.05) is 27.7 Å². The highest BCUT2D eigenvalue weighted by molar-refractivity contribution is 6.27. The molecule has 0 aliphatic carbocycles. The Kier molecular flexibility index (Phi) is 2.81. The third-order valence-electron chi connectivity index (χ3n) is 5.35. The standard InChI is InChI=1S/C24H16N2O/c1-15-14-19-22(23-17-9-3-5-11-20(17)27-24(15)23)16-8-2-4-10-18(16)26(19)21-12-6-7-13-25-21/h2-14H,1H3. The van der Waals surface area contributed by atoms with Gasteiger partial charge < -0.3 is 4.42 Å². The fourth-order valence-corrected chi connectivity index (χ4v) is 4.23. The van der Waals surface area contributed by atoms with Crippen LogP contribution in [0.4, 0.5) is 0 Å². The second kappa shape index (κ2) is 5.21. The molecule has 0 saturated carbocycles. The van der Waals surface area contributed by atoms with Gasteiger partial charge in [-0.15, -0.1) is 0 Å². The van der Waals surface area contributed by atoms with Gasteiger partial charge >= 0.3 is 0 Å². The van der Waals surface area contributed by atoms with Crippen LogP contribution in [0.25, 0.3) is 49.6 Å². The molecule has 6 rings (SSSR count). The van der Waals surface area contributed by atoms with E-state index in [2.05, 4.69) is 65.0 Å². The van der Waals surface area contributed by atoms with Gasteiger partial charge in [-0.1, -0.05) is 42.5 Å². The first kappa shape index (κ1) is 14.6. The van der Waals surface area contributed by atoms with Crippen molar-refractivity contribution in [1.29, 1.82) is 0 Å². The number of fused-ring (bicyclic) bond motifs is 7. The van der Waals surface area contributed by atoms with E-state index in [1.165, 1.54) is 16.2 Å². The molecule has 128 valence electrons. The molecule has 6 aromatic rings. The third kappa shape index (κ3) is 1.88. The van der Waals surface area contributed by atoms with Gasteiger partial charge in [0.25, 0.3) is 0 Å². The number of aryl methyl sites for hydroxylation is 1. The summed E-state index contributed by atoms with van der Waals surface area (Å²) in [6, 6.07) is 25.1. The number of benzene rings is 3. The van der Waals surface area contributed by atoms with E-state index in [0.717, 1.165) is 39.0 Å². The minimum atomic E-state index is 0.926. The van der Waals surface area contributed by atoms with Crippen molar-refractivity contribution in [2.75, 3.05) is 0 Å². The zero-order valence-electron chi connectivity index (χ0n) is 14.8. The molecule has 0 unspecified atom stereocenters. The molecule has 3 aromatic carbocycles. The maximum absolute atomic E-state index is 6.23. The van der Waals surface area contributed by atoms with E-state index in [1.54, 1.807) is 0 Å². The highest BCUT2D eigenvalue weighted by atomic mass is 16.3. The van der Waals surface area contributed by atoms with Crippen molar-refractivity contribution in [3.8, 4) is 5.82 Å². The summed E-state index contributed by atoms with van der Waals surface area (Å²) in [5.74, 6) is 0.926. The Bertz CT molecular complexity index is 1470. The van der Waals surface area contributed by atoms with Gasteiger partial charge in [-0.3, -0.25) is 4.57 Å². The van der Waals surface area contributed by atoms with Gasteiger partial charge in [0.1, 0.15) is 17.0 Å². The van der Waals surface area contributed by atoms with Crippen molar-refractivity contribution in [1.82, 2.24) is 9.55 Å². The number of para-hydroxylation sites is 2. The van der Waals surface area contributed by atoms with Crippen LogP contribution in [0.2, 0.25) is 0 Å². The predicted molar refractivity (Wildman–Crippen MR) is 111 cm³/mol. The molecule has 3 aromatic heterocycles. The zero-order valence-corrected chi connectivity index (χ0v) is 14.8. The van der Waals surface area contributed by atoms with Crippen LogP contribution < -0.4 is 0 Å². The molecule has 0 aliphatic rings. The van der Waals surface area contributed by atoms with E-state index < -0.39 is 0 Å². The molecule has 0 radical (unpaired) electrons. The van der Waals surface area contributed by atoms with E-state index in [9.17, 15) is 0 Å². The molecule has 0 atom stereocenters. The summed E-state index contributed by atoms with van der Waals surface area (Å²) in [7, 11) is 0. The highest BCUT2D eigenvalue weighted by Crippen LogP contribution is 2.42. The summed E-state index contributed by atoms with van der Waals surface area (Å²) in [6.45, 7) is 2.12. The summed E-state index contributed by atoms with van der Waals surface area (Å²) in [5, 5.41) is 4.79. The van der Waals surface area contributed by atoms with Crippen LogP contribution in [0.5, 0.6) is 0 Å². The molecule has 0 fully saturated rings. The fourth-order valence-electron chi connectivity index (χ4n) is 4.23. The summed E-state index contributed by atoms with van der Waals surface area (Å²) >= 11 is 0. The summed E-state index contributed by atoms with van der Waals surface area (Å²) in [5.41, 5.74) is 5.34. The molecule has 3 heterocycles. The van der Waals surface area contributed by atoms with Crippen molar-refractivity contribution < 1.29 is 4.42 Å². The van der Waals surface area contributed by atoms with Crippen molar-refractivity contribution >= 4 is 43.7 Å². The smallest absolute Gasteiger partial charge is 0.139 e. The van der Waals surface area contributed by atoms with Crippen molar-refractivity contribution in [3.63, 3.8) is 0 Å². The molecule has 0 bridgehead atoms. The van der Waals surface area contributed by atoms with Crippen LogP contribution >= 0.6 is 0 Å². The van der Waals surface area contributed by atoms with E-state index in [0.29, 0.717) is 0 Å². The monoisotopic (exact) mass is 348 g/mol. The maximum Gasteiger partial charge on any atom is 0.139 e. The first-order chi connectivity index (χ1) is 13.3. The van der Waals surface area contributed by atoms with Crippen molar-refractivity contribution in [2.24, 2.45) is 0 Å². The molecular weight excluding hydrogens is 332 g/mol. The van der Waals surface area contributed by atoms with E-state index >= 15 is 0 Å². The SMILES string of the molecule is Cc1cc2c(c3ccccc3n2-c2ccccn2)c2c1oc1ccccc12. The zero-order chi connectivity index (χ0) is 18.0. The van der Waals surface area contributed by atoms with Gasteiger partial charge in [0.15, 0.2) is 0 Å². The maximum atomic E-state index is 6.23. The molecule has 0 aliphatic heterocycles. The number of hydrogen-bond acceptors (Lipinski definition) is 2. The van der Waals surface area contributed by atoms with Crippen LogP contribution in [0.15, 0.2) is 83.4 Å². The Morgan fingerprint density at radius 1 is 0.778 bits per heavy atom. The lowest BCUT2D eigenvalue weighted by molar-refractivity contribution is 0.666. The molecular formula is C24H16N2O. The first-order valence-corrected chi connectivity index (χ1v) is 9.08. The van der Waals surface area contributed by atoms with Crippen LogP contribution in [-0.2, 0) is 0 Å². The molecule has 0 spiro atoms. The van der Waals surface area contributed by atoms with Gasteiger partial charge in [-0.25, -0.2) is 4.98 Å². The topological polar surface area (TPSA) is 31.0 Å². The molecule has 27 heavy (non-hydrogen) atoms. The minimum absolute atomic E-state index is 0.926. The molecule has 0 saturated heterocycles. The van der Waals surface area contributed by atoms with Crippen molar-refractivity contribution in [2.45, 2.75) is 6.92 Å². The summed E-state index contributed by atoms with van der Waals surface area (Å²) in [6.07, 6.45) is 1.84. The fraction of sp³-hybridized carbons (Fsp3) is 0.0417. The lowest BCUT2D eigenvalue weighted by atomic mass is 10.0. The van der Waals surface area contributed by atoms with E-state index in [-0.39, 0.29) is 0 Å². The van der Waals surface area contributed by atoms with Crippen molar-refractivity contribution in [3.05, 3.63) is 84.6 Å². The van der Waals surface area contributed by atoms with Crippen LogP contribution in [0, 0.1) is 6.92 Å². The minimum Gasteiger partial charge on any atom is -0.456 e. The van der Waals surface area contributed by atoms with E-state index in [4.69, 9.17) is 4.42 Å². The van der Waals surface area contributed by atoms with Gasteiger partial charge in [-0.2, -0.15) is 0 Å². The number of nitrogens with zero attached hydrogens (tertiary/aromatic N) is 2. The van der Waals surface area contributed by atoms with Gasteiger partial charge in [0.2, 0.25) is 0 Å². The Balaban J connectivity index is 1.95. The number of pyridine rings is 1. The Morgan fingerprint density at radius 2 is 1.56 bits per heavy atom. The molecule has 0 N–H and O–H groups in total. The predicted octanol–water partition coefficient (Wildman–Crippen LogP) is 6.39. The number of rotatable bonds is 1. The quantitative estimate of drug-likeness (QED) is 0.345. The van der Waals surface area contributed by atoms with Gasteiger partial charge in [0.05, 0.1) is 11.0 Å². The Hall–Kier alpha value is -3.59. The van der Waals surface area contributed by atoms with Crippen LogP contribution in [0.3, 0.4) is 0 Å². The molecule has 3 nitrogen and oxygen atoms in total. The highest BCUT2D eigenvalue weighted by Gasteiger charge is 2.20. The number of hydrogen-bond donors (Lipinski definition) is 0. The first-order valence-electron chi connectivity index (χ1n) is 9.08. The lowest BCUT2D eigenvalue weighted by Gasteiger charge is -2.07. The second-order valence-electron chi connectivity index (χ2n) is 6.93. The van der Waals surface area contributed by atoms with Crippen LogP contribution in [0.1, 0.15) is 5.56 Å². The average molecular weight is 348 g/mol. The second-order valence-corrected chi connectivity index (χ2v) is 6.93. The largest absolute Gasteiger partial charge is 0.456 e.